The quantitative estimate of drug-likeness (QED) is 0.793. The molecule has 1 aromatic heterocycles. The number of carbonyl (C=O) groups excluding carboxylic acids is 1. The van der Waals surface area contributed by atoms with Crippen molar-refractivity contribution in [1.82, 2.24) is 9.88 Å². The highest BCUT2D eigenvalue weighted by molar-refractivity contribution is 9.10. The summed E-state index contributed by atoms with van der Waals surface area (Å²) in [6, 6.07) is 2.18. The van der Waals surface area contributed by atoms with Gasteiger partial charge in [-0.2, -0.15) is 0 Å². The number of amides is 1. The molecule has 6 heteroatoms. The molecule has 1 aromatic rings. The molecular formula is C12H13BrClN3O. The molecule has 3 rings (SSSR count). The van der Waals surface area contributed by atoms with Gasteiger partial charge in [-0.15, -0.1) is 0 Å². The number of fused-ring (bicyclic) bond motifs is 1. The molecule has 0 spiro atoms. The van der Waals surface area contributed by atoms with Gasteiger partial charge in [-0.3, -0.25) is 4.79 Å². The number of nitrogens with zero attached hydrogens (tertiary/aromatic N) is 3. The summed E-state index contributed by atoms with van der Waals surface area (Å²) in [5, 5.41) is 0.655. The van der Waals surface area contributed by atoms with Gasteiger partial charge < -0.3 is 9.80 Å². The lowest BCUT2D eigenvalue weighted by Gasteiger charge is -2.38. The lowest BCUT2D eigenvalue weighted by Crippen LogP contribution is -2.51. The minimum absolute atomic E-state index is 0.287. The third-order valence-electron chi connectivity index (χ3n) is 3.58. The van der Waals surface area contributed by atoms with Crippen LogP contribution in [-0.4, -0.2) is 41.5 Å². The Hall–Kier alpha value is -0.810. The summed E-state index contributed by atoms with van der Waals surface area (Å²) < 4.78 is 0.880. The van der Waals surface area contributed by atoms with Gasteiger partial charge in [0.05, 0.1) is 5.02 Å². The maximum atomic E-state index is 11.6. The predicted molar refractivity (Wildman–Crippen MR) is 73.9 cm³/mol. The van der Waals surface area contributed by atoms with E-state index < -0.39 is 0 Å². The van der Waals surface area contributed by atoms with E-state index in [9.17, 15) is 4.79 Å². The van der Waals surface area contributed by atoms with Crippen LogP contribution in [0.2, 0.25) is 5.02 Å². The molecular weight excluding hydrogens is 318 g/mol. The lowest BCUT2D eigenvalue weighted by molar-refractivity contribution is -0.129. The van der Waals surface area contributed by atoms with Crippen molar-refractivity contribution in [3.63, 3.8) is 0 Å². The Labute approximate surface area is 119 Å². The first-order valence-electron chi connectivity index (χ1n) is 6.00. The first-order valence-corrected chi connectivity index (χ1v) is 7.18. The van der Waals surface area contributed by atoms with Crippen LogP contribution in [-0.2, 0) is 4.79 Å². The number of anilines is 1. The monoisotopic (exact) mass is 329 g/mol. The van der Waals surface area contributed by atoms with Crippen LogP contribution in [0.1, 0.15) is 12.8 Å². The molecule has 4 nitrogen and oxygen atoms in total. The second-order valence-corrected chi connectivity index (χ2v) is 6.01. The van der Waals surface area contributed by atoms with Crippen molar-refractivity contribution in [3.05, 3.63) is 21.8 Å². The maximum absolute atomic E-state index is 11.6. The number of halogens is 2. The summed E-state index contributed by atoms with van der Waals surface area (Å²) in [5.41, 5.74) is 0. The van der Waals surface area contributed by atoms with Crippen LogP contribution < -0.4 is 4.90 Å². The van der Waals surface area contributed by atoms with E-state index in [0.29, 0.717) is 17.5 Å². The molecule has 96 valence electrons. The molecule has 0 saturated carbocycles. The number of piperazine rings is 1. The van der Waals surface area contributed by atoms with Crippen LogP contribution in [0.25, 0.3) is 0 Å². The number of hydrogen-bond acceptors (Lipinski definition) is 3. The van der Waals surface area contributed by atoms with Crippen LogP contribution in [0.15, 0.2) is 16.7 Å². The van der Waals surface area contributed by atoms with E-state index in [1.807, 2.05) is 11.0 Å². The van der Waals surface area contributed by atoms with Crippen LogP contribution in [0.3, 0.4) is 0 Å². The van der Waals surface area contributed by atoms with E-state index in [1.54, 1.807) is 6.20 Å². The van der Waals surface area contributed by atoms with Gasteiger partial charge in [-0.1, -0.05) is 11.6 Å². The number of rotatable bonds is 1. The fourth-order valence-corrected chi connectivity index (χ4v) is 3.45. The highest BCUT2D eigenvalue weighted by Crippen LogP contribution is 2.30. The van der Waals surface area contributed by atoms with Crippen molar-refractivity contribution >= 4 is 39.3 Å². The molecule has 2 saturated heterocycles. The topological polar surface area (TPSA) is 36.4 Å². The molecule has 2 fully saturated rings. The van der Waals surface area contributed by atoms with Gasteiger partial charge >= 0.3 is 0 Å². The molecule has 0 aliphatic carbocycles. The molecule has 0 radical (unpaired) electrons. The SMILES string of the molecule is O=C1CCC2CN(c3ncc(Br)cc3Cl)CCN12. The zero-order valence-electron chi connectivity index (χ0n) is 9.77. The van der Waals surface area contributed by atoms with Crippen molar-refractivity contribution in [1.29, 1.82) is 0 Å². The van der Waals surface area contributed by atoms with E-state index in [0.717, 1.165) is 36.3 Å². The maximum Gasteiger partial charge on any atom is 0.223 e. The Morgan fingerprint density at radius 1 is 1.44 bits per heavy atom. The fourth-order valence-electron chi connectivity index (χ4n) is 2.70. The zero-order chi connectivity index (χ0) is 12.7. The Morgan fingerprint density at radius 3 is 3.06 bits per heavy atom. The summed E-state index contributed by atoms with van der Waals surface area (Å²) >= 11 is 9.57. The zero-order valence-corrected chi connectivity index (χ0v) is 12.1. The number of aromatic nitrogens is 1. The number of hydrogen-bond donors (Lipinski definition) is 0. The summed E-state index contributed by atoms with van der Waals surface area (Å²) in [4.78, 5) is 20.2. The number of carbonyl (C=O) groups is 1. The van der Waals surface area contributed by atoms with Gasteiger partial charge in [-0.05, 0) is 28.4 Å². The molecule has 0 aromatic carbocycles. The molecule has 3 heterocycles. The van der Waals surface area contributed by atoms with E-state index in [2.05, 4.69) is 25.8 Å². The molecule has 1 amide bonds. The van der Waals surface area contributed by atoms with Gasteiger partial charge in [0.2, 0.25) is 5.91 Å². The third-order valence-corrected chi connectivity index (χ3v) is 4.29. The average Bonchev–Trinajstić information content (AvgIpc) is 2.71. The smallest absolute Gasteiger partial charge is 0.223 e. The molecule has 0 N–H and O–H groups in total. The van der Waals surface area contributed by atoms with Crippen LogP contribution in [0.4, 0.5) is 5.82 Å². The van der Waals surface area contributed by atoms with E-state index in [1.165, 1.54) is 0 Å². The molecule has 1 unspecified atom stereocenters. The van der Waals surface area contributed by atoms with Crippen molar-refractivity contribution < 1.29 is 4.79 Å². The number of pyridine rings is 1. The highest BCUT2D eigenvalue weighted by Gasteiger charge is 2.36. The molecule has 0 bridgehead atoms. The second kappa shape index (κ2) is 4.70. The first kappa shape index (κ1) is 12.2. The first-order chi connectivity index (χ1) is 8.65. The average molecular weight is 331 g/mol. The minimum atomic E-state index is 0.287. The van der Waals surface area contributed by atoms with E-state index in [-0.39, 0.29) is 5.91 Å². The highest BCUT2D eigenvalue weighted by atomic mass is 79.9. The van der Waals surface area contributed by atoms with E-state index in [4.69, 9.17) is 11.6 Å². The van der Waals surface area contributed by atoms with Crippen LogP contribution >= 0.6 is 27.5 Å². The van der Waals surface area contributed by atoms with Crippen molar-refractivity contribution in [3.8, 4) is 0 Å². The Balaban J connectivity index is 1.80. The Kier molecular flexibility index (Phi) is 3.20. The minimum Gasteiger partial charge on any atom is -0.352 e. The summed E-state index contributed by atoms with van der Waals surface area (Å²) in [6.45, 7) is 2.41. The van der Waals surface area contributed by atoms with Gasteiger partial charge in [-0.25, -0.2) is 4.98 Å². The van der Waals surface area contributed by atoms with Gasteiger partial charge in [0.1, 0.15) is 5.82 Å². The van der Waals surface area contributed by atoms with Crippen molar-refractivity contribution in [2.24, 2.45) is 0 Å². The Morgan fingerprint density at radius 2 is 2.28 bits per heavy atom. The largest absolute Gasteiger partial charge is 0.352 e. The fraction of sp³-hybridized carbons (Fsp3) is 0.500. The lowest BCUT2D eigenvalue weighted by atomic mass is 10.1. The van der Waals surface area contributed by atoms with Gasteiger partial charge in [0.15, 0.2) is 0 Å². The molecule has 2 aliphatic heterocycles. The van der Waals surface area contributed by atoms with Crippen LogP contribution in [0, 0.1) is 0 Å². The molecule has 2 aliphatic rings. The second-order valence-electron chi connectivity index (χ2n) is 4.68. The third kappa shape index (κ3) is 2.10. The summed E-state index contributed by atoms with van der Waals surface area (Å²) in [5.74, 6) is 1.10. The van der Waals surface area contributed by atoms with Gasteiger partial charge in [0, 0.05) is 42.8 Å². The summed E-state index contributed by atoms with van der Waals surface area (Å²) in [7, 11) is 0. The normalized spacial score (nSPS) is 23.4. The van der Waals surface area contributed by atoms with Gasteiger partial charge in [0.25, 0.3) is 0 Å². The Bertz CT molecular complexity index is 496. The molecule has 18 heavy (non-hydrogen) atoms. The standard InChI is InChI=1S/C12H13BrClN3O/c13-8-5-10(14)12(15-6-8)16-3-4-17-9(7-16)1-2-11(17)18/h5-6,9H,1-4,7H2. The molecule has 1 atom stereocenters. The van der Waals surface area contributed by atoms with Crippen LogP contribution in [0.5, 0.6) is 0 Å². The van der Waals surface area contributed by atoms with E-state index >= 15 is 0 Å². The van der Waals surface area contributed by atoms with Crippen molar-refractivity contribution in [2.45, 2.75) is 18.9 Å². The summed E-state index contributed by atoms with van der Waals surface area (Å²) in [6.07, 6.45) is 3.39. The predicted octanol–water partition coefficient (Wildman–Crippen LogP) is 2.31. The van der Waals surface area contributed by atoms with Crippen molar-refractivity contribution in [2.75, 3.05) is 24.5 Å².